The SMILES string of the molecule is CCCC(CCC)S(=O)(=O)C[C@](N)(C(N)=O)C(=O)c1cnc[nH]1.Cl. The van der Waals surface area contributed by atoms with E-state index in [4.69, 9.17) is 11.5 Å². The summed E-state index contributed by atoms with van der Waals surface area (Å²) in [5.41, 5.74) is 8.72. The standard InChI is InChI=1S/C14H24N4O4S.ClH/c1-3-5-10(6-4-2)23(21,22)8-14(16,13(15)20)12(19)11-7-17-9-18-11;/h7,9-10H,3-6,8,16H2,1-2H3,(H2,15,20)(H,17,18);1H/t14-;/m1./s1. The molecule has 24 heavy (non-hydrogen) atoms. The number of hydrogen-bond donors (Lipinski definition) is 3. The number of nitrogens with two attached hydrogens (primary N) is 2. The third kappa shape index (κ3) is 5.02. The van der Waals surface area contributed by atoms with E-state index in [2.05, 4.69) is 9.97 Å². The van der Waals surface area contributed by atoms with E-state index < -0.39 is 38.1 Å². The van der Waals surface area contributed by atoms with E-state index in [1.54, 1.807) is 0 Å². The molecule has 1 amide bonds. The first kappa shape index (κ1) is 22.6. The number of ketones is 1. The Kier molecular flexibility index (Phi) is 8.59. The van der Waals surface area contributed by atoms with Gasteiger partial charge >= 0.3 is 0 Å². The van der Waals surface area contributed by atoms with Gasteiger partial charge in [0.15, 0.2) is 15.4 Å². The number of amides is 1. The Bertz CT molecular complexity index is 642. The van der Waals surface area contributed by atoms with Crippen molar-refractivity contribution in [2.45, 2.75) is 50.3 Å². The number of sulfone groups is 1. The van der Waals surface area contributed by atoms with Gasteiger partial charge in [0.25, 0.3) is 0 Å². The van der Waals surface area contributed by atoms with E-state index in [1.807, 2.05) is 13.8 Å². The largest absolute Gasteiger partial charge is 0.368 e. The molecule has 0 radical (unpaired) electrons. The number of nitrogens with one attached hydrogen (secondary N) is 1. The lowest BCUT2D eigenvalue weighted by atomic mass is 9.95. The zero-order valence-corrected chi connectivity index (χ0v) is 15.5. The van der Waals surface area contributed by atoms with Crippen molar-refractivity contribution in [3.63, 3.8) is 0 Å². The minimum absolute atomic E-state index is 0. The van der Waals surface area contributed by atoms with Crippen molar-refractivity contribution < 1.29 is 18.0 Å². The summed E-state index contributed by atoms with van der Waals surface area (Å²) in [6.45, 7) is 3.75. The zero-order chi connectivity index (χ0) is 17.7. The number of halogens is 1. The average Bonchev–Trinajstić information content (AvgIpc) is 2.99. The minimum Gasteiger partial charge on any atom is -0.368 e. The Morgan fingerprint density at radius 1 is 1.29 bits per heavy atom. The monoisotopic (exact) mass is 380 g/mol. The second kappa shape index (κ2) is 9.14. The summed E-state index contributed by atoms with van der Waals surface area (Å²) in [5, 5.41) is -0.644. The molecule has 1 aromatic heterocycles. The van der Waals surface area contributed by atoms with E-state index >= 15 is 0 Å². The topological polar surface area (TPSA) is 149 Å². The molecule has 0 aliphatic heterocycles. The van der Waals surface area contributed by atoms with Crippen LogP contribution < -0.4 is 11.5 Å². The molecule has 10 heteroatoms. The van der Waals surface area contributed by atoms with Crippen LogP contribution in [-0.4, -0.2) is 46.6 Å². The molecule has 1 atom stereocenters. The van der Waals surface area contributed by atoms with E-state index in [0.717, 1.165) is 0 Å². The number of hydrogen-bond acceptors (Lipinski definition) is 6. The maximum Gasteiger partial charge on any atom is 0.246 e. The number of carbonyl (C=O) groups is 2. The molecule has 138 valence electrons. The molecule has 5 N–H and O–H groups in total. The molecule has 1 rings (SSSR count). The van der Waals surface area contributed by atoms with Crippen LogP contribution in [0.5, 0.6) is 0 Å². The van der Waals surface area contributed by atoms with Crippen molar-refractivity contribution in [1.82, 2.24) is 9.97 Å². The molecular weight excluding hydrogens is 356 g/mol. The average molecular weight is 381 g/mol. The maximum absolute atomic E-state index is 12.6. The third-order valence-corrected chi connectivity index (χ3v) is 6.09. The number of H-pyrrole nitrogens is 1. The summed E-state index contributed by atoms with van der Waals surface area (Å²) in [6, 6.07) is 0. The lowest BCUT2D eigenvalue weighted by Gasteiger charge is -2.26. The number of carbonyl (C=O) groups excluding carboxylic acids is 2. The number of aromatic amines is 1. The van der Waals surface area contributed by atoms with Crippen LogP contribution in [0.4, 0.5) is 0 Å². The summed E-state index contributed by atoms with van der Waals surface area (Å²) in [6.07, 6.45) is 4.65. The Morgan fingerprint density at radius 2 is 1.83 bits per heavy atom. The van der Waals surface area contributed by atoms with Crippen LogP contribution in [0, 0.1) is 0 Å². The summed E-state index contributed by atoms with van der Waals surface area (Å²) in [4.78, 5) is 30.4. The predicted octanol–water partition coefficient (Wildman–Crippen LogP) is 0.581. The Morgan fingerprint density at radius 3 is 2.21 bits per heavy atom. The van der Waals surface area contributed by atoms with Gasteiger partial charge in [0, 0.05) is 0 Å². The van der Waals surface area contributed by atoms with Gasteiger partial charge in [0.2, 0.25) is 11.7 Å². The highest BCUT2D eigenvalue weighted by molar-refractivity contribution is 7.92. The molecule has 0 fully saturated rings. The molecule has 1 heterocycles. The molecule has 0 aliphatic carbocycles. The van der Waals surface area contributed by atoms with E-state index in [9.17, 15) is 18.0 Å². The first-order valence-electron chi connectivity index (χ1n) is 7.52. The lowest BCUT2D eigenvalue weighted by Crippen LogP contribution is -2.63. The summed E-state index contributed by atoms with van der Waals surface area (Å²) < 4.78 is 25.3. The molecule has 0 bridgehead atoms. The van der Waals surface area contributed by atoms with Gasteiger partial charge in [0.1, 0.15) is 5.69 Å². The van der Waals surface area contributed by atoms with E-state index in [-0.39, 0.29) is 18.1 Å². The minimum atomic E-state index is -3.77. The third-order valence-electron chi connectivity index (χ3n) is 3.75. The summed E-state index contributed by atoms with van der Waals surface area (Å²) in [5.74, 6) is -2.86. The van der Waals surface area contributed by atoms with Crippen molar-refractivity contribution in [2.75, 3.05) is 5.75 Å². The van der Waals surface area contributed by atoms with E-state index in [1.165, 1.54) is 12.5 Å². The van der Waals surface area contributed by atoms with Crippen LogP contribution in [0.15, 0.2) is 12.5 Å². The molecule has 0 aromatic carbocycles. The Balaban J connectivity index is 0.00000529. The normalized spacial score (nSPS) is 14.0. The number of imidazole rings is 1. The second-order valence-electron chi connectivity index (χ2n) is 5.64. The van der Waals surface area contributed by atoms with Crippen LogP contribution >= 0.6 is 12.4 Å². The van der Waals surface area contributed by atoms with Gasteiger partial charge < -0.3 is 16.5 Å². The van der Waals surface area contributed by atoms with Gasteiger partial charge in [-0.2, -0.15) is 0 Å². The van der Waals surface area contributed by atoms with Crippen LogP contribution in [-0.2, 0) is 14.6 Å². The highest BCUT2D eigenvalue weighted by Gasteiger charge is 2.46. The van der Waals surface area contributed by atoms with Gasteiger partial charge in [-0.3, -0.25) is 9.59 Å². The van der Waals surface area contributed by atoms with Crippen molar-refractivity contribution in [3.8, 4) is 0 Å². The fourth-order valence-electron chi connectivity index (χ4n) is 2.45. The van der Waals surface area contributed by atoms with Crippen LogP contribution in [0.3, 0.4) is 0 Å². The Hall–Kier alpha value is -1.45. The van der Waals surface area contributed by atoms with E-state index in [0.29, 0.717) is 25.7 Å². The molecule has 0 aliphatic rings. The predicted molar refractivity (Wildman–Crippen MR) is 93.7 cm³/mol. The zero-order valence-electron chi connectivity index (χ0n) is 13.8. The van der Waals surface area contributed by atoms with Crippen molar-refractivity contribution >= 4 is 33.9 Å². The highest BCUT2D eigenvalue weighted by Crippen LogP contribution is 2.21. The Labute approximate surface area is 148 Å². The van der Waals surface area contributed by atoms with Gasteiger partial charge in [-0.1, -0.05) is 26.7 Å². The smallest absolute Gasteiger partial charge is 0.246 e. The van der Waals surface area contributed by atoms with Crippen LogP contribution in [0.1, 0.15) is 50.0 Å². The summed E-state index contributed by atoms with van der Waals surface area (Å²) >= 11 is 0. The van der Waals surface area contributed by atoms with Crippen LogP contribution in [0.25, 0.3) is 0 Å². The first-order chi connectivity index (χ1) is 10.7. The highest BCUT2D eigenvalue weighted by atomic mass is 35.5. The van der Waals surface area contributed by atoms with Crippen molar-refractivity contribution in [3.05, 3.63) is 18.2 Å². The summed E-state index contributed by atoms with van der Waals surface area (Å²) in [7, 11) is -3.77. The van der Waals surface area contributed by atoms with Crippen LogP contribution in [0.2, 0.25) is 0 Å². The molecule has 8 nitrogen and oxygen atoms in total. The van der Waals surface area contributed by atoms with Gasteiger partial charge in [0.05, 0.1) is 23.5 Å². The number of aromatic nitrogens is 2. The molecular formula is C14H25ClN4O4S. The number of primary amides is 1. The number of nitrogens with zero attached hydrogens (tertiary/aromatic N) is 1. The second-order valence-corrected chi connectivity index (χ2v) is 7.92. The molecule has 0 saturated carbocycles. The molecule has 0 unspecified atom stereocenters. The fourth-order valence-corrected chi connectivity index (χ4v) is 4.78. The molecule has 1 aromatic rings. The van der Waals surface area contributed by atoms with Gasteiger partial charge in [-0.15, -0.1) is 12.4 Å². The lowest BCUT2D eigenvalue weighted by molar-refractivity contribution is -0.120. The van der Waals surface area contributed by atoms with Gasteiger partial charge in [-0.25, -0.2) is 13.4 Å². The maximum atomic E-state index is 12.6. The fraction of sp³-hybridized carbons (Fsp3) is 0.643. The molecule has 0 saturated heterocycles. The van der Waals surface area contributed by atoms with Crippen molar-refractivity contribution in [1.29, 1.82) is 0 Å². The van der Waals surface area contributed by atoms with Gasteiger partial charge in [-0.05, 0) is 12.8 Å². The number of rotatable bonds is 10. The first-order valence-corrected chi connectivity index (χ1v) is 9.24. The quantitative estimate of drug-likeness (QED) is 0.399. The van der Waals surface area contributed by atoms with Crippen molar-refractivity contribution in [2.24, 2.45) is 11.5 Å². The number of Topliss-reactive ketones (excluding diaryl/α,β-unsaturated/α-hetero) is 1. The molecule has 0 spiro atoms.